The number of hydrogen-bond donors (Lipinski definition) is 0. The molecule has 1 aromatic heterocycles. The maximum atomic E-state index is 13.8. The van der Waals surface area contributed by atoms with Gasteiger partial charge in [0.15, 0.2) is 5.69 Å². The summed E-state index contributed by atoms with van der Waals surface area (Å²) in [5.41, 5.74) is -1.07. The van der Waals surface area contributed by atoms with Crippen LogP contribution < -0.4 is 0 Å². The molecule has 2 fully saturated rings. The lowest BCUT2D eigenvalue weighted by molar-refractivity contribution is -0.144. The molecule has 0 bridgehead atoms. The molecule has 2 saturated heterocycles. The number of amides is 2. The van der Waals surface area contributed by atoms with E-state index in [4.69, 9.17) is 23.2 Å². The topological polar surface area (TPSA) is 61.7 Å². The van der Waals surface area contributed by atoms with Crippen molar-refractivity contribution in [2.45, 2.75) is 37.9 Å². The van der Waals surface area contributed by atoms with Gasteiger partial charge in [0.25, 0.3) is 0 Å². The molecule has 0 saturated carbocycles. The van der Waals surface area contributed by atoms with Gasteiger partial charge in [0.1, 0.15) is 6.54 Å². The van der Waals surface area contributed by atoms with Crippen LogP contribution >= 0.6 is 23.2 Å². The third-order valence-corrected chi connectivity index (χ3v) is 7.96. The first-order chi connectivity index (χ1) is 16.9. The van der Waals surface area contributed by atoms with Gasteiger partial charge in [-0.25, -0.2) is 0 Å². The SMILES string of the molecule is Cc1c(Cl)c(C(F)(F)F)nn1CC(=O)N1CCC(C(=O)N2CCN(C)CC2)(c2ccc(Cl)cc2)CC1. The van der Waals surface area contributed by atoms with Crippen molar-refractivity contribution in [1.29, 1.82) is 0 Å². The molecule has 2 amide bonds. The van der Waals surface area contributed by atoms with Gasteiger partial charge in [-0.05, 0) is 44.5 Å². The van der Waals surface area contributed by atoms with Gasteiger partial charge >= 0.3 is 6.18 Å². The Morgan fingerprint density at radius 2 is 1.56 bits per heavy atom. The van der Waals surface area contributed by atoms with Gasteiger partial charge in [-0.3, -0.25) is 14.3 Å². The Hall–Kier alpha value is -2.30. The molecule has 36 heavy (non-hydrogen) atoms. The number of alkyl halides is 3. The van der Waals surface area contributed by atoms with Crippen LogP contribution in [0.2, 0.25) is 10.0 Å². The quantitative estimate of drug-likeness (QED) is 0.585. The molecule has 196 valence electrons. The highest BCUT2D eigenvalue weighted by Crippen LogP contribution is 2.39. The molecule has 2 aliphatic rings. The highest BCUT2D eigenvalue weighted by atomic mass is 35.5. The lowest BCUT2D eigenvalue weighted by atomic mass is 9.71. The average molecular weight is 546 g/mol. The molecule has 4 rings (SSSR count). The number of likely N-dealkylation sites (tertiary alicyclic amines) is 1. The Labute approximate surface area is 217 Å². The van der Waals surface area contributed by atoms with Crippen LogP contribution in [0.3, 0.4) is 0 Å². The number of carbonyl (C=O) groups excluding carboxylic acids is 2. The van der Waals surface area contributed by atoms with Crippen molar-refractivity contribution in [2.24, 2.45) is 0 Å². The smallest absolute Gasteiger partial charge is 0.341 e. The van der Waals surface area contributed by atoms with E-state index in [-0.39, 0.29) is 24.1 Å². The van der Waals surface area contributed by atoms with Crippen molar-refractivity contribution < 1.29 is 22.8 Å². The fourth-order valence-electron chi connectivity index (χ4n) is 4.93. The Kier molecular flexibility index (Phi) is 7.60. The lowest BCUT2D eigenvalue weighted by Gasteiger charge is -2.45. The molecule has 0 unspecified atom stereocenters. The minimum absolute atomic E-state index is 0.0366. The van der Waals surface area contributed by atoms with Crippen LogP contribution in [0.1, 0.15) is 29.8 Å². The highest BCUT2D eigenvalue weighted by molar-refractivity contribution is 6.32. The fourth-order valence-corrected chi connectivity index (χ4v) is 5.30. The van der Waals surface area contributed by atoms with Crippen molar-refractivity contribution in [3.8, 4) is 0 Å². The number of rotatable bonds is 4. The van der Waals surface area contributed by atoms with E-state index < -0.39 is 22.3 Å². The molecule has 0 aliphatic carbocycles. The van der Waals surface area contributed by atoms with Crippen molar-refractivity contribution in [2.75, 3.05) is 46.3 Å². The summed E-state index contributed by atoms with van der Waals surface area (Å²) in [6.07, 6.45) is -3.90. The summed E-state index contributed by atoms with van der Waals surface area (Å²) in [6.45, 7) is 4.47. The van der Waals surface area contributed by atoms with E-state index in [1.807, 2.05) is 24.1 Å². The number of benzene rings is 1. The second-order valence-corrected chi connectivity index (χ2v) is 10.3. The number of likely N-dealkylation sites (N-methyl/N-ethyl adjacent to an activating group) is 1. The van der Waals surface area contributed by atoms with Crippen molar-refractivity contribution in [3.63, 3.8) is 0 Å². The molecule has 0 N–H and O–H groups in total. The molecule has 1 aromatic carbocycles. The Morgan fingerprint density at radius 1 is 0.972 bits per heavy atom. The Bertz CT molecular complexity index is 1120. The van der Waals surface area contributed by atoms with Crippen LogP contribution in [0.4, 0.5) is 13.2 Å². The average Bonchev–Trinajstić information content (AvgIpc) is 3.13. The summed E-state index contributed by atoms with van der Waals surface area (Å²) in [6, 6.07) is 7.24. The van der Waals surface area contributed by atoms with Crippen LogP contribution in [0.5, 0.6) is 0 Å². The molecular weight excluding hydrogens is 518 g/mol. The number of halogens is 5. The summed E-state index contributed by atoms with van der Waals surface area (Å²) in [5.74, 6) is -0.336. The van der Waals surface area contributed by atoms with E-state index in [2.05, 4.69) is 10.00 Å². The predicted octanol–water partition coefficient (Wildman–Crippen LogP) is 3.85. The molecule has 3 heterocycles. The van der Waals surface area contributed by atoms with Crippen molar-refractivity contribution >= 4 is 35.0 Å². The van der Waals surface area contributed by atoms with Gasteiger partial charge in [0.2, 0.25) is 11.8 Å². The van der Waals surface area contributed by atoms with Gasteiger partial charge in [-0.15, -0.1) is 0 Å². The van der Waals surface area contributed by atoms with Crippen LogP contribution in [0.25, 0.3) is 0 Å². The number of nitrogens with zero attached hydrogens (tertiary/aromatic N) is 5. The third-order valence-electron chi connectivity index (χ3n) is 7.25. The van der Waals surface area contributed by atoms with E-state index in [0.717, 1.165) is 23.3 Å². The van der Waals surface area contributed by atoms with E-state index in [1.54, 1.807) is 17.0 Å². The number of piperidine rings is 1. The highest BCUT2D eigenvalue weighted by Gasteiger charge is 2.46. The Morgan fingerprint density at radius 3 is 2.08 bits per heavy atom. The first kappa shape index (κ1) is 26.8. The molecule has 0 radical (unpaired) electrons. The zero-order chi connectivity index (χ0) is 26.3. The molecule has 2 aliphatic heterocycles. The number of aromatic nitrogens is 2. The normalized spacial score (nSPS) is 19.0. The zero-order valence-electron chi connectivity index (χ0n) is 20.1. The second-order valence-electron chi connectivity index (χ2n) is 9.47. The summed E-state index contributed by atoms with van der Waals surface area (Å²) in [7, 11) is 2.02. The number of carbonyl (C=O) groups is 2. The molecule has 12 heteroatoms. The molecule has 0 spiro atoms. The third kappa shape index (κ3) is 5.21. The predicted molar refractivity (Wildman–Crippen MR) is 130 cm³/mol. The largest absolute Gasteiger partial charge is 0.436 e. The second kappa shape index (κ2) is 10.2. The van der Waals surface area contributed by atoms with Crippen LogP contribution in [-0.2, 0) is 27.7 Å². The molecule has 2 aromatic rings. The minimum Gasteiger partial charge on any atom is -0.341 e. The van der Waals surface area contributed by atoms with Gasteiger partial charge in [-0.1, -0.05) is 35.3 Å². The van der Waals surface area contributed by atoms with E-state index in [1.165, 1.54) is 6.92 Å². The van der Waals surface area contributed by atoms with Crippen LogP contribution in [0, 0.1) is 6.92 Å². The maximum Gasteiger partial charge on any atom is 0.436 e. The number of piperazine rings is 1. The van der Waals surface area contributed by atoms with Crippen LogP contribution in [-0.4, -0.2) is 82.6 Å². The summed E-state index contributed by atoms with van der Waals surface area (Å²) in [5, 5.41) is 3.59. The van der Waals surface area contributed by atoms with Gasteiger partial charge < -0.3 is 14.7 Å². The summed E-state index contributed by atoms with van der Waals surface area (Å²) in [4.78, 5) is 32.5. The molecule has 0 atom stereocenters. The monoisotopic (exact) mass is 545 g/mol. The Balaban J connectivity index is 1.52. The first-order valence-electron chi connectivity index (χ1n) is 11.7. The van der Waals surface area contributed by atoms with E-state index in [9.17, 15) is 22.8 Å². The first-order valence-corrected chi connectivity index (χ1v) is 12.5. The number of hydrogen-bond acceptors (Lipinski definition) is 4. The summed E-state index contributed by atoms with van der Waals surface area (Å²) >= 11 is 11.9. The minimum atomic E-state index is -4.71. The van der Waals surface area contributed by atoms with E-state index >= 15 is 0 Å². The summed E-state index contributed by atoms with van der Waals surface area (Å²) < 4.78 is 40.5. The zero-order valence-corrected chi connectivity index (χ0v) is 21.6. The van der Waals surface area contributed by atoms with Crippen molar-refractivity contribution in [1.82, 2.24) is 24.5 Å². The standard InChI is InChI=1S/C24H28Cl2F3N5O2/c1-16-20(26)21(24(27,28)29)30-34(16)15-19(35)32-9-7-23(8-10-32,17-3-5-18(25)6-4-17)22(36)33-13-11-31(2)12-14-33/h3-6H,7-15H2,1-2H3. The van der Waals surface area contributed by atoms with Gasteiger partial charge in [0.05, 0.1) is 16.1 Å². The molecule has 7 nitrogen and oxygen atoms in total. The van der Waals surface area contributed by atoms with Crippen molar-refractivity contribution in [3.05, 3.63) is 51.3 Å². The fraction of sp³-hybridized carbons (Fsp3) is 0.542. The lowest BCUT2D eigenvalue weighted by Crippen LogP contribution is -2.57. The van der Waals surface area contributed by atoms with E-state index in [0.29, 0.717) is 44.0 Å². The maximum absolute atomic E-state index is 13.8. The van der Waals surface area contributed by atoms with Crippen LogP contribution in [0.15, 0.2) is 24.3 Å². The molecular formula is C24H28Cl2F3N5O2. The van der Waals surface area contributed by atoms with Gasteiger partial charge in [0, 0.05) is 44.3 Å². The van der Waals surface area contributed by atoms with Gasteiger partial charge in [-0.2, -0.15) is 18.3 Å².